The Kier molecular flexibility index (Phi) is 4.63. The van der Waals surface area contributed by atoms with Crippen LogP contribution in [-0.2, 0) is 13.1 Å². The lowest BCUT2D eigenvalue weighted by Crippen LogP contribution is -2.20. The predicted molar refractivity (Wildman–Crippen MR) is 104 cm³/mol. The third-order valence-corrected chi connectivity index (χ3v) is 5.01. The van der Waals surface area contributed by atoms with Crippen LogP contribution in [0.1, 0.15) is 11.5 Å². The van der Waals surface area contributed by atoms with Crippen LogP contribution in [0.15, 0.2) is 63.3 Å². The average molecular weight is 386 g/mol. The lowest BCUT2D eigenvalue weighted by Gasteiger charge is -2.14. The van der Waals surface area contributed by atoms with E-state index in [9.17, 15) is 4.79 Å². The van der Waals surface area contributed by atoms with Crippen LogP contribution in [0.2, 0.25) is 5.02 Å². The molecule has 0 unspecified atom stereocenters. The Balaban J connectivity index is 1.46. The quantitative estimate of drug-likeness (QED) is 0.514. The highest BCUT2D eigenvalue weighted by molar-refractivity contribution is 7.15. The SMILES string of the molecule is CN(Cc1cc(=O)n2ccsc2n1)Cc1ccc(-c2ccc(Cl)cc2)o1. The molecule has 3 aromatic heterocycles. The molecule has 4 rings (SSSR count). The maximum atomic E-state index is 12.1. The summed E-state index contributed by atoms with van der Waals surface area (Å²) in [6.07, 6.45) is 1.74. The van der Waals surface area contributed by atoms with Gasteiger partial charge in [0, 0.05) is 34.8 Å². The van der Waals surface area contributed by atoms with E-state index in [4.69, 9.17) is 16.0 Å². The van der Waals surface area contributed by atoms with Crippen molar-refractivity contribution in [2.24, 2.45) is 0 Å². The van der Waals surface area contributed by atoms with E-state index in [1.165, 1.54) is 11.3 Å². The van der Waals surface area contributed by atoms with Crippen molar-refractivity contribution >= 4 is 27.9 Å². The summed E-state index contributed by atoms with van der Waals surface area (Å²) in [4.78, 5) is 19.4. The van der Waals surface area contributed by atoms with E-state index in [1.807, 2.05) is 48.8 Å². The Bertz CT molecular complexity index is 1100. The summed E-state index contributed by atoms with van der Waals surface area (Å²) < 4.78 is 7.49. The molecule has 0 aliphatic carbocycles. The fraction of sp³-hybridized carbons (Fsp3) is 0.158. The van der Waals surface area contributed by atoms with Crippen LogP contribution in [0.4, 0.5) is 0 Å². The fourth-order valence-corrected chi connectivity index (χ4v) is 3.66. The van der Waals surface area contributed by atoms with Gasteiger partial charge in [-0.3, -0.25) is 14.1 Å². The molecule has 5 nitrogen and oxygen atoms in total. The topological polar surface area (TPSA) is 50.8 Å². The van der Waals surface area contributed by atoms with Crippen LogP contribution in [0.5, 0.6) is 0 Å². The molecule has 0 bridgehead atoms. The van der Waals surface area contributed by atoms with E-state index in [0.717, 1.165) is 22.8 Å². The molecule has 0 aliphatic rings. The number of furan rings is 1. The summed E-state index contributed by atoms with van der Waals surface area (Å²) in [5.41, 5.74) is 1.69. The Morgan fingerprint density at radius 1 is 1.19 bits per heavy atom. The second-order valence-corrected chi connectivity index (χ2v) is 7.40. The van der Waals surface area contributed by atoms with E-state index in [0.29, 0.717) is 23.1 Å². The Hall–Kier alpha value is -2.41. The van der Waals surface area contributed by atoms with Crippen molar-refractivity contribution in [3.63, 3.8) is 0 Å². The molecule has 26 heavy (non-hydrogen) atoms. The lowest BCUT2D eigenvalue weighted by atomic mass is 10.2. The maximum absolute atomic E-state index is 12.1. The molecule has 0 spiro atoms. The van der Waals surface area contributed by atoms with Crippen molar-refractivity contribution in [2.45, 2.75) is 13.1 Å². The van der Waals surface area contributed by atoms with Gasteiger partial charge in [0.25, 0.3) is 5.56 Å². The molecule has 7 heteroatoms. The Labute approximate surface area is 159 Å². The van der Waals surface area contributed by atoms with Crippen molar-refractivity contribution in [1.29, 1.82) is 0 Å². The number of halogens is 1. The molecule has 0 atom stereocenters. The Morgan fingerprint density at radius 2 is 2.00 bits per heavy atom. The van der Waals surface area contributed by atoms with Crippen molar-refractivity contribution in [3.05, 3.63) is 80.9 Å². The van der Waals surface area contributed by atoms with Gasteiger partial charge < -0.3 is 4.42 Å². The zero-order chi connectivity index (χ0) is 18.1. The van der Waals surface area contributed by atoms with E-state index in [1.54, 1.807) is 16.7 Å². The largest absolute Gasteiger partial charge is 0.460 e. The monoisotopic (exact) mass is 385 g/mol. The number of hydrogen-bond acceptors (Lipinski definition) is 5. The molecule has 132 valence electrons. The van der Waals surface area contributed by atoms with Crippen LogP contribution < -0.4 is 5.56 Å². The van der Waals surface area contributed by atoms with Gasteiger partial charge in [-0.05, 0) is 43.4 Å². The number of aromatic nitrogens is 2. The smallest absolute Gasteiger partial charge is 0.258 e. The molecule has 0 aliphatic heterocycles. The number of fused-ring (bicyclic) bond motifs is 1. The first kappa shape index (κ1) is 17.0. The number of benzene rings is 1. The van der Waals surface area contributed by atoms with Gasteiger partial charge in [-0.2, -0.15) is 0 Å². The Morgan fingerprint density at radius 3 is 2.81 bits per heavy atom. The van der Waals surface area contributed by atoms with Crippen molar-refractivity contribution in [2.75, 3.05) is 7.05 Å². The summed E-state index contributed by atoms with van der Waals surface area (Å²) in [7, 11) is 1.97. The van der Waals surface area contributed by atoms with Crippen LogP contribution >= 0.6 is 22.9 Å². The standard InChI is InChI=1S/C19H16ClN3O2S/c1-22(11-15-10-18(24)23-8-9-26-19(23)21-15)12-16-6-7-17(25-16)13-2-4-14(20)5-3-13/h2-10H,11-12H2,1H3. The van der Waals surface area contributed by atoms with Gasteiger partial charge in [-0.1, -0.05) is 11.6 Å². The normalized spacial score (nSPS) is 11.5. The minimum atomic E-state index is -0.0531. The first-order valence-electron chi connectivity index (χ1n) is 8.07. The van der Waals surface area contributed by atoms with Gasteiger partial charge in [0.1, 0.15) is 11.5 Å². The molecular weight excluding hydrogens is 370 g/mol. The van der Waals surface area contributed by atoms with Gasteiger partial charge in [0.15, 0.2) is 4.96 Å². The van der Waals surface area contributed by atoms with E-state index >= 15 is 0 Å². The van der Waals surface area contributed by atoms with Crippen LogP contribution in [0.3, 0.4) is 0 Å². The van der Waals surface area contributed by atoms with Crippen molar-refractivity contribution < 1.29 is 4.42 Å². The molecule has 4 aromatic rings. The molecular formula is C19H16ClN3O2S. The lowest BCUT2D eigenvalue weighted by molar-refractivity contribution is 0.286. The van der Waals surface area contributed by atoms with Crippen LogP contribution in [0.25, 0.3) is 16.3 Å². The minimum Gasteiger partial charge on any atom is -0.460 e. The molecule has 0 N–H and O–H groups in total. The second kappa shape index (κ2) is 7.07. The van der Waals surface area contributed by atoms with E-state index < -0.39 is 0 Å². The zero-order valence-electron chi connectivity index (χ0n) is 14.1. The fourth-order valence-electron chi connectivity index (χ4n) is 2.80. The van der Waals surface area contributed by atoms with Crippen molar-refractivity contribution in [3.8, 4) is 11.3 Å². The average Bonchev–Trinajstić information content (AvgIpc) is 3.25. The van der Waals surface area contributed by atoms with Crippen molar-refractivity contribution in [1.82, 2.24) is 14.3 Å². The van der Waals surface area contributed by atoms with Gasteiger partial charge >= 0.3 is 0 Å². The molecule has 0 saturated heterocycles. The second-order valence-electron chi connectivity index (χ2n) is 6.09. The van der Waals surface area contributed by atoms with E-state index in [2.05, 4.69) is 9.88 Å². The van der Waals surface area contributed by atoms with Crippen LogP contribution in [0, 0.1) is 0 Å². The van der Waals surface area contributed by atoms with Gasteiger partial charge in [-0.15, -0.1) is 11.3 Å². The van der Waals surface area contributed by atoms with Gasteiger partial charge in [0.2, 0.25) is 0 Å². The van der Waals surface area contributed by atoms with E-state index in [-0.39, 0.29) is 5.56 Å². The first-order valence-corrected chi connectivity index (χ1v) is 9.33. The molecule has 0 amide bonds. The van der Waals surface area contributed by atoms with Gasteiger partial charge in [0.05, 0.1) is 12.2 Å². The predicted octanol–water partition coefficient (Wildman–Crippen LogP) is 4.30. The summed E-state index contributed by atoms with van der Waals surface area (Å²) in [5, 5.41) is 2.56. The summed E-state index contributed by atoms with van der Waals surface area (Å²) in [6.45, 7) is 1.19. The molecule has 0 saturated carbocycles. The number of nitrogens with zero attached hydrogens (tertiary/aromatic N) is 3. The summed E-state index contributed by atoms with van der Waals surface area (Å²) in [5.74, 6) is 1.66. The summed E-state index contributed by atoms with van der Waals surface area (Å²) >= 11 is 7.38. The van der Waals surface area contributed by atoms with Crippen LogP contribution in [-0.4, -0.2) is 21.3 Å². The third kappa shape index (κ3) is 3.58. The highest BCUT2D eigenvalue weighted by Gasteiger charge is 2.10. The molecule has 0 fully saturated rings. The molecule has 1 aromatic carbocycles. The minimum absolute atomic E-state index is 0.0531. The van der Waals surface area contributed by atoms with Gasteiger partial charge in [-0.25, -0.2) is 4.98 Å². The molecule has 0 radical (unpaired) electrons. The number of hydrogen-bond donors (Lipinski definition) is 0. The first-order chi connectivity index (χ1) is 12.6. The molecule has 3 heterocycles. The maximum Gasteiger partial charge on any atom is 0.258 e. The zero-order valence-corrected chi connectivity index (χ0v) is 15.6. The highest BCUT2D eigenvalue weighted by atomic mass is 35.5. The summed E-state index contributed by atoms with van der Waals surface area (Å²) in [6, 6.07) is 13.0. The highest BCUT2D eigenvalue weighted by Crippen LogP contribution is 2.24. The number of rotatable bonds is 5. The third-order valence-electron chi connectivity index (χ3n) is 4.00. The number of thiazole rings is 1.